The van der Waals surface area contributed by atoms with Gasteiger partial charge in [0.05, 0.1) is 6.04 Å². The topological polar surface area (TPSA) is 55.0 Å². The molecule has 0 radical (unpaired) electrons. The third-order valence-corrected chi connectivity index (χ3v) is 3.28. The summed E-state index contributed by atoms with van der Waals surface area (Å²) in [5, 5.41) is 0. The van der Waals surface area contributed by atoms with Gasteiger partial charge in [0.1, 0.15) is 6.33 Å². The molecule has 1 heterocycles. The van der Waals surface area contributed by atoms with E-state index in [0.29, 0.717) is 0 Å². The minimum absolute atomic E-state index is 0.0754. The molecule has 4 nitrogen and oxygen atoms in total. The average molecular weight is 222 g/mol. The van der Waals surface area contributed by atoms with E-state index in [-0.39, 0.29) is 11.6 Å². The zero-order valence-corrected chi connectivity index (χ0v) is 10.6. The van der Waals surface area contributed by atoms with Crippen molar-refractivity contribution in [3.8, 4) is 0 Å². The Labute approximate surface area is 97.9 Å². The van der Waals surface area contributed by atoms with Gasteiger partial charge in [0.25, 0.3) is 0 Å². The van der Waals surface area contributed by atoms with Crippen molar-refractivity contribution in [3.63, 3.8) is 0 Å². The Kier molecular flexibility index (Phi) is 4.38. The zero-order chi connectivity index (χ0) is 12.2. The van der Waals surface area contributed by atoms with Gasteiger partial charge in [-0.05, 0) is 26.9 Å². The van der Waals surface area contributed by atoms with Crippen LogP contribution in [0.3, 0.4) is 0 Å². The molecule has 0 saturated heterocycles. The van der Waals surface area contributed by atoms with E-state index in [2.05, 4.69) is 42.6 Å². The van der Waals surface area contributed by atoms with Crippen LogP contribution in [0, 0.1) is 0 Å². The van der Waals surface area contributed by atoms with Gasteiger partial charge in [-0.2, -0.15) is 0 Å². The van der Waals surface area contributed by atoms with Gasteiger partial charge in [0.15, 0.2) is 0 Å². The van der Waals surface area contributed by atoms with Crippen molar-refractivity contribution in [3.05, 3.63) is 24.3 Å². The molecule has 0 aliphatic rings. The molecule has 90 valence electrons. The van der Waals surface area contributed by atoms with E-state index in [0.717, 1.165) is 18.7 Å². The first-order valence-corrected chi connectivity index (χ1v) is 5.79. The van der Waals surface area contributed by atoms with Crippen LogP contribution >= 0.6 is 0 Å². The van der Waals surface area contributed by atoms with Crippen molar-refractivity contribution in [2.45, 2.75) is 39.3 Å². The normalized spacial score (nSPS) is 14.1. The second kappa shape index (κ2) is 5.37. The third kappa shape index (κ3) is 2.57. The van der Waals surface area contributed by atoms with Crippen molar-refractivity contribution < 1.29 is 0 Å². The van der Waals surface area contributed by atoms with Crippen molar-refractivity contribution in [2.75, 3.05) is 13.1 Å². The lowest BCUT2D eigenvalue weighted by Crippen LogP contribution is -2.51. The number of hydrogen-bond donors (Lipinski definition) is 1. The van der Waals surface area contributed by atoms with Crippen LogP contribution in [0.15, 0.2) is 18.7 Å². The van der Waals surface area contributed by atoms with Gasteiger partial charge < -0.3 is 5.73 Å². The third-order valence-electron chi connectivity index (χ3n) is 3.28. The van der Waals surface area contributed by atoms with Gasteiger partial charge >= 0.3 is 0 Å². The van der Waals surface area contributed by atoms with Gasteiger partial charge in [0, 0.05) is 23.5 Å². The predicted octanol–water partition coefficient (Wildman–Crippen LogP) is 1.60. The predicted molar refractivity (Wildman–Crippen MR) is 66.0 cm³/mol. The molecular weight excluding hydrogens is 200 g/mol. The summed E-state index contributed by atoms with van der Waals surface area (Å²) < 4.78 is 0. The molecule has 2 N–H and O–H groups in total. The lowest BCUT2D eigenvalue weighted by atomic mass is 9.89. The highest BCUT2D eigenvalue weighted by Crippen LogP contribution is 2.27. The Morgan fingerprint density at radius 2 is 1.75 bits per heavy atom. The van der Waals surface area contributed by atoms with E-state index in [1.54, 1.807) is 12.4 Å². The number of nitrogens with two attached hydrogens (primary N) is 1. The van der Waals surface area contributed by atoms with Crippen molar-refractivity contribution in [1.29, 1.82) is 0 Å². The summed E-state index contributed by atoms with van der Waals surface area (Å²) in [6, 6.07) is -0.0754. The smallest absolute Gasteiger partial charge is 0.115 e. The van der Waals surface area contributed by atoms with Gasteiger partial charge in [-0.1, -0.05) is 13.8 Å². The monoisotopic (exact) mass is 222 g/mol. The van der Waals surface area contributed by atoms with Gasteiger partial charge in [0.2, 0.25) is 0 Å². The summed E-state index contributed by atoms with van der Waals surface area (Å²) in [6.45, 7) is 10.6. The average Bonchev–Trinajstić information content (AvgIpc) is 2.30. The highest BCUT2D eigenvalue weighted by atomic mass is 15.2. The number of aromatic nitrogens is 2. The zero-order valence-electron chi connectivity index (χ0n) is 10.6. The first-order valence-electron chi connectivity index (χ1n) is 5.79. The molecule has 0 aliphatic carbocycles. The molecule has 0 fully saturated rings. The van der Waals surface area contributed by atoms with E-state index < -0.39 is 0 Å². The summed E-state index contributed by atoms with van der Waals surface area (Å²) in [5.74, 6) is 0. The summed E-state index contributed by atoms with van der Waals surface area (Å²) in [4.78, 5) is 10.4. The maximum atomic E-state index is 6.30. The van der Waals surface area contributed by atoms with Gasteiger partial charge in [-0.3, -0.25) is 4.90 Å². The first kappa shape index (κ1) is 13.1. The van der Waals surface area contributed by atoms with Crippen LogP contribution < -0.4 is 5.73 Å². The van der Waals surface area contributed by atoms with Crippen molar-refractivity contribution in [2.24, 2.45) is 5.73 Å². The van der Waals surface area contributed by atoms with Crippen LogP contribution in [0.4, 0.5) is 0 Å². The molecule has 1 aromatic heterocycles. The molecule has 0 bridgehead atoms. The van der Waals surface area contributed by atoms with Crippen LogP contribution in [0.2, 0.25) is 0 Å². The van der Waals surface area contributed by atoms with Gasteiger partial charge in [-0.25, -0.2) is 9.97 Å². The fourth-order valence-corrected chi connectivity index (χ4v) is 2.11. The highest BCUT2D eigenvalue weighted by molar-refractivity contribution is 5.14. The molecule has 1 unspecified atom stereocenters. The number of rotatable bonds is 5. The maximum Gasteiger partial charge on any atom is 0.115 e. The lowest BCUT2D eigenvalue weighted by molar-refractivity contribution is 0.106. The lowest BCUT2D eigenvalue weighted by Gasteiger charge is -2.41. The van der Waals surface area contributed by atoms with E-state index >= 15 is 0 Å². The fourth-order valence-electron chi connectivity index (χ4n) is 2.11. The molecule has 1 aromatic rings. The van der Waals surface area contributed by atoms with Crippen LogP contribution in [0.25, 0.3) is 0 Å². The molecule has 0 saturated carbocycles. The fraction of sp³-hybridized carbons (Fsp3) is 0.667. The number of likely N-dealkylation sites (N-methyl/N-ethyl adjacent to an activating group) is 1. The Bertz CT molecular complexity index is 306. The first-order chi connectivity index (χ1) is 7.54. The molecule has 0 aliphatic heterocycles. The second-order valence-corrected chi connectivity index (χ2v) is 4.48. The van der Waals surface area contributed by atoms with E-state index in [4.69, 9.17) is 5.73 Å². The Balaban J connectivity index is 2.91. The Morgan fingerprint density at radius 3 is 2.19 bits per heavy atom. The van der Waals surface area contributed by atoms with Crippen LogP contribution in [0.1, 0.15) is 39.3 Å². The Hall–Kier alpha value is -1.00. The van der Waals surface area contributed by atoms with E-state index in [1.807, 2.05) is 0 Å². The van der Waals surface area contributed by atoms with Crippen LogP contribution in [-0.4, -0.2) is 33.5 Å². The molecule has 0 spiro atoms. The van der Waals surface area contributed by atoms with Crippen LogP contribution in [-0.2, 0) is 0 Å². The standard InChI is InChI=1S/C12H22N4/c1-5-16(6-2)12(3,4)11(13)10-7-14-9-15-8-10/h7-9,11H,5-6,13H2,1-4H3. The van der Waals surface area contributed by atoms with Gasteiger partial charge in [-0.15, -0.1) is 0 Å². The van der Waals surface area contributed by atoms with E-state index in [9.17, 15) is 0 Å². The van der Waals surface area contributed by atoms with E-state index in [1.165, 1.54) is 6.33 Å². The number of nitrogens with zero attached hydrogens (tertiary/aromatic N) is 3. The summed E-state index contributed by atoms with van der Waals surface area (Å²) >= 11 is 0. The molecule has 1 atom stereocenters. The Morgan fingerprint density at radius 1 is 1.25 bits per heavy atom. The molecular formula is C12H22N4. The molecule has 0 amide bonds. The largest absolute Gasteiger partial charge is 0.322 e. The molecule has 4 heteroatoms. The SMILES string of the molecule is CCN(CC)C(C)(C)C(N)c1cncnc1. The minimum atomic E-state index is -0.0891. The minimum Gasteiger partial charge on any atom is -0.322 e. The molecule has 0 aromatic carbocycles. The van der Waals surface area contributed by atoms with Crippen molar-refractivity contribution in [1.82, 2.24) is 14.9 Å². The molecule has 16 heavy (non-hydrogen) atoms. The second-order valence-electron chi connectivity index (χ2n) is 4.48. The number of hydrogen-bond acceptors (Lipinski definition) is 4. The quantitative estimate of drug-likeness (QED) is 0.822. The maximum absolute atomic E-state index is 6.30. The highest BCUT2D eigenvalue weighted by Gasteiger charge is 2.32. The molecule has 1 rings (SSSR count). The summed E-state index contributed by atoms with van der Waals surface area (Å²) in [5.41, 5.74) is 7.20. The summed E-state index contributed by atoms with van der Waals surface area (Å²) in [6.07, 6.45) is 5.12. The van der Waals surface area contributed by atoms with Crippen LogP contribution in [0.5, 0.6) is 0 Å². The summed E-state index contributed by atoms with van der Waals surface area (Å²) in [7, 11) is 0. The van der Waals surface area contributed by atoms with Crippen molar-refractivity contribution >= 4 is 0 Å².